The lowest BCUT2D eigenvalue weighted by Gasteiger charge is -2.40. The van der Waals surface area contributed by atoms with Gasteiger partial charge in [-0.05, 0) is 20.8 Å². The van der Waals surface area contributed by atoms with Crippen LogP contribution < -0.4 is 0 Å². The van der Waals surface area contributed by atoms with E-state index < -0.39 is 23.8 Å². The zero-order valence-electron chi connectivity index (χ0n) is 12.0. The molecule has 2 aliphatic heterocycles. The molecule has 20 heavy (non-hydrogen) atoms. The highest BCUT2D eigenvalue weighted by molar-refractivity contribution is 5.70. The first kappa shape index (κ1) is 15.1. The van der Waals surface area contributed by atoms with E-state index in [9.17, 15) is 9.59 Å². The number of rotatable bonds is 2. The number of morpholine rings is 1. The van der Waals surface area contributed by atoms with Gasteiger partial charge in [-0.1, -0.05) is 0 Å². The van der Waals surface area contributed by atoms with E-state index in [1.165, 1.54) is 0 Å². The fourth-order valence-electron chi connectivity index (χ4n) is 2.43. The third kappa shape index (κ3) is 3.61. The molecule has 0 aromatic heterocycles. The first-order valence-corrected chi connectivity index (χ1v) is 6.71. The Morgan fingerprint density at radius 1 is 1.35 bits per heavy atom. The maximum atomic E-state index is 12.2. The maximum Gasteiger partial charge on any atom is 0.410 e. The van der Waals surface area contributed by atoms with Crippen LogP contribution in [0.1, 0.15) is 27.2 Å². The summed E-state index contributed by atoms with van der Waals surface area (Å²) >= 11 is 0. The van der Waals surface area contributed by atoms with Crippen molar-refractivity contribution in [2.45, 2.75) is 51.0 Å². The van der Waals surface area contributed by atoms with Crippen molar-refractivity contribution in [3.8, 4) is 0 Å². The van der Waals surface area contributed by atoms with Crippen molar-refractivity contribution < 1.29 is 28.9 Å². The van der Waals surface area contributed by atoms with Crippen molar-refractivity contribution in [2.75, 3.05) is 19.8 Å². The standard InChI is InChI=1S/C13H21NO6/c1-13(2,3)20-12(17)14-5-8(4-11(15)16)19-10-7-18-6-9(10)14/h8-10H,4-7H2,1-3H3,(H,15,16)/t8-,9+,10+/m1/s1. The second-order valence-electron chi connectivity index (χ2n) is 6.13. The van der Waals surface area contributed by atoms with Crippen LogP contribution in [0.25, 0.3) is 0 Å². The third-order valence-electron chi connectivity index (χ3n) is 3.20. The maximum absolute atomic E-state index is 12.2. The van der Waals surface area contributed by atoms with E-state index in [2.05, 4.69) is 0 Å². The Bertz CT molecular complexity index is 391. The number of carbonyl (C=O) groups excluding carboxylic acids is 1. The minimum atomic E-state index is -0.948. The largest absolute Gasteiger partial charge is 0.481 e. The summed E-state index contributed by atoms with van der Waals surface area (Å²) in [6.45, 7) is 6.36. The Morgan fingerprint density at radius 2 is 2.05 bits per heavy atom. The van der Waals surface area contributed by atoms with Crippen molar-refractivity contribution in [3.05, 3.63) is 0 Å². The average molecular weight is 287 g/mol. The lowest BCUT2D eigenvalue weighted by Crippen LogP contribution is -2.57. The number of carboxylic acids is 1. The molecule has 0 saturated carbocycles. The molecule has 0 aromatic rings. The molecule has 0 unspecified atom stereocenters. The van der Waals surface area contributed by atoms with Crippen LogP contribution in [0.4, 0.5) is 4.79 Å². The summed E-state index contributed by atoms with van der Waals surface area (Å²) in [4.78, 5) is 24.6. The van der Waals surface area contributed by atoms with Crippen LogP contribution >= 0.6 is 0 Å². The molecule has 2 saturated heterocycles. The predicted molar refractivity (Wildman–Crippen MR) is 68.5 cm³/mol. The number of ether oxygens (including phenoxy) is 3. The Labute approximate surface area is 117 Å². The fourth-order valence-corrected chi connectivity index (χ4v) is 2.43. The van der Waals surface area contributed by atoms with Crippen LogP contribution in [-0.4, -0.2) is 65.7 Å². The Kier molecular flexibility index (Phi) is 4.19. The van der Waals surface area contributed by atoms with E-state index >= 15 is 0 Å². The number of carbonyl (C=O) groups is 2. The molecular formula is C13H21NO6. The quantitative estimate of drug-likeness (QED) is 0.811. The zero-order chi connectivity index (χ0) is 14.9. The van der Waals surface area contributed by atoms with E-state index in [-0.39, 0.29) is 25.1 Å². The molecule has 1 amide bonds. The van der Waals surface area contributed by atoms with Crippen molar-refractivity contribution in [3.63, 3.8) is 0 Å². The van der Waals surface area contributed by atoms with Crippen molar-refractivity contribution in [1.82, 2.24) is 4.90 Å². The molecule has 0 bridgehead atoms. The lowest BCUT2D eigenvalue weighted by atomic mass is 10.1. The van der Waals surface area contributed by atoms with Gasteiger partial charge >= 0.3 is 12.1 Å². The monoisotopic (exact) mass is 287 g/mol. The molecule has 2 fully saturated rings. The molecule has 7 nitrogen and oxygen atoms in total. The smallest absolute Gasteiger partial charge is 0.410 e. The summed E-state index contributed by atoms with van der Waals surface area (Å²) in [5.74, 6) is -0.948. The Morgan fingerprint density at radius 3 is 2.65 bits per heavy atom. The molecule has 114 valence electrons. The van der Waals surface area contributed by atoms with Gasteiger partial charge in [0, 0.05) is 0 Å². The third-order valence-corrected chi connectivity index (χ3v) is 3.20. The lowest BCUT2D eigenvalue weighted by molar-refractivity contribution is -0.147. The van der Waals surface area contributed by atoms with Crippen molar-refractivity contribution in [1.29, 1.82) is 0 Å². The summed E-state index contributed by atoms with van der Waals surface area (Å²) in [6, 6.07) is -0.199. The summed E-state index contributed by atoms with van der Waals surface area (Å²) in [5, 5.41) is 8.87. The summed E-state index contributed by atoms with van der Waals surface area (Å²) in [6.07, 6.45) is -1.39. The van der Waals surface area contributed by atoms with Crippen LogP contribution in [0.15, 0.2) is 0 Å². The van der Waals surface area contributed by atoms with Crippen LogP contribution in [0.5, 0.6) is 0 Å². The number of hydrogen-bond acceptors (Lipinski definition) is 5. The van der Waals surface area contributed by atoms with E-state index in [0.717, 1.165) is 0 Å². The highest BCUT2D eigenvalue weighted by atomic mass is 16.6. The van der Waals surface area contributed by atoms with Gasteiger partial charge in [0.1, 0.15) is 11.7 Å². The Balaban J connectivity index is 2.07. The molecular weight excluding hydrogens is 266 g/mol. The van der Waals surface area contributed by atoms with Crippen LogP contribution in [0, 0.1) is 0 Å². The van der Waals surface area contributed by atoms with Gasteiger partial charge in [-0.15, -0.1) is 0 Å². The Hall–Kier alpha value is -1.34. The van der Waals surface area contributed by atoms with E-state index in [1.807, 2.05) is 0 Å². The van der Waals surface area contributed by atoms with Crippen LogP contribution in [0.3, 0.4) is 0 Å². The molecule has 2 heterocycles. The van der Waals surface area contributed by atoms with Crippen molar-refractivity contribution >= 4 is 12.1 Å². The summed E-state index contributed by atoms with van der Waals surface area (Å²) in [5.41, 5.74) is -0.591. The van der Waals surface area contributed by atoms with Gasteiger partial charge < -0.3 is 19.3 Å². The molecule has 0 radical (unpaired) electrons. The van der Waals surface area contributed by atoms with Gasteiger partial charge in [-0.25, -0.2) is 4.79 Å². The molecule has 0 aliphatic carbocycles. The second kappa shape index (κ2) is 5.57. The number of fused-ring (bicyclic) bond motifs is 1. The summed E-state index contributed by atoms with van der Waals surface area (Å²) in [7, 11) is 0. The molecule has 1 N–H and O–H groups in total. The number of carboxylic acid groups (broad SMARTS) is 1. The second-order valence-corrected chi connectivity index (χ2v) is 6.13. The molecule has 3 atom stereocenters. The molecule has 2 aliphatic rings. The first-order chi connectivity index (χ1) is 9.26. The van der Waals surface area contributed by atoms with Gasteiger partial charge in [0.05, 0.1) is 38.3 Å². The minimum absolute atomic E-state index is 0.136. The van der Waals surface area contributed by atoms with Crippen molar-refractivity contribution in [2.24, 2.45) is 0 Å². The predicted octanol–water partition coefficient (Wildman–Crippen LogP) is 0.864. The minimum Gasteiger partial charge on any atom is -0.481 e. The van der Waals surface area contributed by atoms with Crippen LogP contribution in [-0.2, 0) is 19.0 Å². The highest BCUT2D eigenvalue weighted by Gasteiger charge is 2.44. The van der Waals surface area contributed by atoms with Gasteiger partial charge in [0.25, 0.3) is 0 Å². The number of aliphatic carboxylic acids is 1. The van der Waals surface area contributed by atoms with Gasteiger partial charge in [0.2, 0.25) is 0 Å². The highest BCUT2D eigenvalue weighted by Crippen LogP contribution is 2.26. The van der Waals surface area contributed by atoms with E-state index in [4.69, 9.17) is 19.3 Å². The fraction of sp³-hybridized carbons (Fsp3) is 0.846. The van der Waals surface area contributed by atoms with Crippen LogP contribution in [0.2, 0.25) is 0 Å². The molecule has 0 spiro atoms. The number of nitrogens with zero attached hydrogens (tertiary/aromatic N) is 1. The zero-order valence-corrected chi connectivity index (χ0v) is 12.0. The average Bonchev–Trinajstić information content (AvgIpc) is 2.72. The molecule has 7 heteroatoms. The molecule has 0 aromatic carbocycles. The summed E-state index contributed by atoms with van der Waals surface area (Å²) < 4.78 is 16.4. The normalized spacial score (nSPS) is 29.9. The first-order valence-electron chi connectivity index (χ1n) is 6.71. The molecule has 2 rings (SSSR count). The number of hydrogen-bond donors (Lipinski definition) is 1. The SMILES string of the molecule is CC(C)(C)OC(=O)N1C[C@@H](CC(=O)O)O[C@H]2COC[C@@H]21. The van der Waals surface area contributed by atoms with E-state index in [0.29, 0.717) is 13.2 Å². The van der Waals surface area contributed by atoms with Gasteiger partial charge in [-0.3, -0.25) is 9.69 Å². The topological polar surface area (TPSA) is 85.3 Å². The number of amides is 1. The van der Waals surface area contributed by atoms with Gasteiger partial charge in [0.15, 0.2) is 0 Å². The van der Waals surface area contributed by atoms with E-state index in [1.54, 1.807) is 25.7 Å². The van der Waals surface area contributed by atoms with Gasteiger partial charge in [-0.2, -0.15) is 0 Å².